The van der Waals surface area contributed by atoms with Gasteiger partial charge in [-0.15, -0.1) is 0 Å². The van der Waals surface area contributed by atoms with Crippen LogP contribution in [-0.4, -0.2) is 60.7 Å². The van der Waals surface area contributed by atoms with E-state index in [2.05, 4.69) is 10.6 Å². The zero-order chi connectivity index (χ0) is 19.0. The Hall–Kier alpha value is -1.81. The maximum Gasteiger partial charge on any atom is 0.368 e. The van der Waals surface area contributed by atoms with Crippen molar-refractivity contribution in [2.75, 3.05) is 25.4 Å². The molecule has 0 saturated carbocycles. The van der Waals surface area contributed by atoms with Crippen LogP contribution in [0.1, 0.15) is 27.2 Å². The van der Waals surface area contributed by atoms with Crippen LogP contribution in [0.5, 0.6) is 0 Å². The summed E-state index contributed by atoms with van der Waals surface area (Å²) in [5, 5.41) is 4.56. The van der Waals surface area contributed by atoms with Crippen LogP contribution >= 0.6 is 11.8 Å². The fourth-order valence-electron chi connectivity index (χ4n) is 1.97. The molecule has 25 heavy (non-hydrogen) atoms. The smallest absolute Gasteiger partial charge is 0.368 e. The molecule has 1 aliphatic rings. The van der Waals surface area contributed by atoms with Gasteiger partial charge in [0.1, 0.15) is 12.6 Å². The molecule has 0 unspecified atom stereocenters. The quantitative estimate of drug-likeness (QED) is 0.574. The second-order valence-electron chi connectivity index (χ2n) is 6.37. The zero-order valence-corrected chi connectivity index (χ0v) is 15.4. The monoisotopic (exact) mass is 375 g/mol. The first kappa shape index (κ1) is 21.2. The maximum atomic E-state index is 12.4. The molecule has 0 bridgehead atoms. The first-order valence-electron chi connectivity index (χ1n) is 7.93. The molecule has 0 aliphatic carbocycles. The summed E-state index contributed by atoms with van der Waals surface area (Å²) in [5.41, 5.74) is 4.47. The van der Waals surface area contributed by atoms with E-state index in [1.165, 1.54) is 6.92 Å². The first-order chi connectivity index (χ1) is 11.6. The molecule has 0 radical (unpaired) electrons. The number of nitrogens with two attached hydrogens (primary N) is 1. The highest BCUT2D eigenvalue weighted by Gasteiger charge is 2.40. The Balaban J connectivity index is 2.84. The summed E-state index contributed by atoms with van der Waals surface area (Å²) in [6.07, 6.45) is -1.05. The van der Waals surface area contributed by atoms with Crippen LogP contribution in [0.15, 0.2) is 0 Å². The third kappa shape index (κ3) is 7.30. The highest BCUT2D eigenvalue weighted by atomic mass is 32.2. The number of thioether (sulfide) groups is 1. The number of cyclic esters (lactones) is 1. The van der Waals surface area contributed by atoms with Gasteiger partial charge in [-0.1, -0.05) is 13.8 Å². The van der Waals surface area contributed by atoms with Crippen LogP contribution in [0.4, 0.5) is 4.79 Å². The number of hydrogen-bond donors (Lipinski definition) is 3. The molecule has 10 heteroatoms. The third-order valence-electron chi connectivity index (χ3n) is 3.42. The molecular formula is C15H25N3O6S. The lowest BCUT2D eigenvalue weighted by molar-refractivity contribution is -0.153. The predicted octanol–water partition coefficient (Wildman–Crippen LogP) is -0.222. The second-order valence-corrected chi connectivity index (χ2v) is 7.40. The summed E-state index contributed by atoms with van der Waals surface area (Å²) < 4.78 is 10.4. The van der Waals surface area contributed by atoms with Crippen molar-refractivity contribution in [3.63, 3.8) is 0 Å². The highest BCUT2D eigenvalue weighted by Crippen LogP contribution is 2.26. The standard InChI is InChI=1S/C15H25N3O6S/c1-9(16)13(21)23-8-15(2,3)11-12(20)18-5-4-10(19)17-6-7-25-14(22)24-11/h9,11H,4-8,16H2,1-3H3,(H,17,19)(H,18,20)/t9-,11-/m0/s1. The molecule has 1 fully saturated rings. The van der Waals surface area contributed by atoms with E-state index in [0.717, 1.165) is 11.8 Å². The Morgan fingerprint density at radius 2 is 2.04 bits per heavy atom. The Kier molecular flexibility index (Phi) is 8.17. The van der Waals surface area contributed by atoms with Crippen LogP contribution in [0.25, 0.3) is 0 Å². The normalized spacial score (nSPS) is 21.8. The number of carbonyl (C=O) groups is 4. The lowest BCUT2D eigenvalue weighted by Crippen LogP contribution is -2.49. The molecule has 1 saturated heterocycles. The van der Waals surface area contributed by atoms with Crippen LogP contribution < -0.4 is 16.4 Å². The van der Waals surface area contributed by atoms with Gasteiger partial charge in [-0.05, 0) is 18.7 Å². The van der Waals surface area contributed by atoms with Gasteiger partial charge in [0.05, 0.1) is 0 Å². The Labute approximate surface area is 150 Å². The number of ether oxygens (including phenoxy) is 2. The van der Waals surface area contributed by atoms with Gasteiger partial charge in [-0.25, -0.2) is 4.79 Å². The summed E-state index contributed by atoms with van der Waals surface area (Å²) in [6.45, 7) is 5.06. The lowest BCUT2D eigenvalue weighted by atomic mass is 9.86. The minimum atomic E-state index is -1.17. The second kappa shape index (κ2) is 9.62. The summed E-state index contributed by atoms with van der Waals surface area (Å²) in [6, 6.07) is -0.794. The number of hydrogen-bond acceptors (Lipinski definition) is 8. The van der Waals surface area contributed by atoms with E-state index in [-0.39, 0.29) is 25.5 Å². The summed E-state index contributed by atoms with van der Waals surface area (Å²) >= 11 is 0.861. The fraction of sp³-hybridized carbons (Fsp3) is 0.733. The minimum absolute atomic E-state index is 0.113. The minimum Gasteiger partial charge on any atom is -0.464 e. The maximum absolute atomic E-state index is 12.4. The Morgan fingerprint density at radius 3 is 2.68 bits per heavy atom. The van der Waals surface area contributed by atoms with Crippen LogP contribution in [-0.2, 0) is 23.9 Å². The van der Waals surface area contributed by atoms with Crippen molar-refractivity contribution in [2.45, 2.75) is 39.3 Å². The number of amides is 2. The molecule has 0 aromatic rings. The molecule has 1 heterocycles. The molecule has 0 aromatic carbocycles. The molecule has 2 atom stereocenters. The van der Waals surface area contributed by atoms with E-state index in [1.807, 2.05) is 0 Å². The summed E-state index contributed by atoms with van der Waals surface area (Å²) in [7, 11) is 0. The molecule has 1 aliphatic heterocycles. The van der Waals surface area contributed by atoms with E-state index in [1.54, 1.807) is 13.8 Å². The van der Waals surface area contributed by atoms with Crippen molar-refractivity contribution in [1.82, 2.24) is 10.6 Å². The van der Waals surface area contributed by atoms with E-state index in [0.29, 0.717) is 12.3 Å². The third-order valence-corrected chi connectivity index (χ3v) is 4.16. The van der Waals surface area contributed by atoms with Crippen molar-refractivity contribution in [3.05, 3.63) is 0 Å². The van der Waals surface area contributed by atoms with Gasteiger partial charge in [-0.3, -0.25) is 14.4 Å². The van der Waals surface area contributed by atoms with Crippen molar-refractivity contribution in [1.29, 1.82) is 0 Å². The van der Waals surface area contributed by atoms with Gasteiger partial charge in [0.25, 0.3) is 5.91 Å². The van der Waals surface area contributed by atoms with Gasteiger partial charge in [0, 0.05) is 30.7 Å². The molecule has 0 aromatic heterocycles. The highest BCUT2D eigenvalue weighted by molar-refractivity contribution is 8.13. The molecular weight excluding hydrogens is 350 g/mol. The first-order valence-corrected chi connectivity index (χ1v) is 8.92. The SMILES string of the molecule is C[C@H](N)C(=O)OCC(C)(C)[C@H]1OC(=O)SCCNC(=O)CCNC1=O. The Bertz CT molecular complexity index is 523. The van der Waals surface area contributed by atoms with Gasteiger partial charge < -0.3 is 25.8 Å². The number of nitrogens with one attached hydrogen (secondary N) is 2. The van der Waals surface area contributed by atoms with E-state index in [9.17, 15) is 19.2 Å². The zero-order valence-electron chi connectivity index (χ0n) is 14.6. The Morgan fingerprint density at radius 1 is 1.36 bits per heavy atom. The van der Waals surface area contributed by atoms with Gasteiger partial charge in [0.2, 0.25) is 5.91 Å². The molecule has 4 N–H and O–H groups in total. The van der Waals surface area contributed by atoms with Gasteiger partial charge in [0.15, 0.2) is 6.10 Å². The molecule has 142 valence electrons. The molecule has 0 spiro atoms. The van der Waals surface area contributed by atoms with E-state index >= 15 is 0 Å². The van der Waals surface area contributed by atoms with Crippen LogP contribution in [0.3, 0.4) is 0 Å². The fourth-order valence-corrected chi connectivity index (χ4v) is 2.50. The summed E-state index contributed by atoms with van der Waals surface area (Å²) in [4.78, 5) is 47.5. The molecule has 2 amide bonds. The number of rotatable bonds is 4. The van der Waals surface area contributed by atoms with Crippen molar-refractivity contribution in [3.8, 4) is 0 Å². The topological polar surface area (TPSA) is 137 Å². The lowest BCUT2D eigenvalue weighted by Gasteiger charge is -2.32. The van der Waals surface area contributed by atoms with E-state index < -0.39 is 34.7 Å². The summed E-state index contributed by atoms with van der Waals surface area (Å²) in [5.74, 6) is -1.04. The average molecular weight is 375 g/mol. The van der Waals surface area contributed by atoms with Crippen molar-refractivity contribution >= 4 is 34.8 Å². The number of carbonyl (C=O) groups excluding carboxylic acids is 4. The van der Waals surface area contributed by atoms with Gasteiger partial charge >= 0.3 is 11.3 Å². The van der Waals surface area contributed by atoms with Crippen LogP contribution in [0.2, 0.25) is 0 Å². The average Bonchev–Trinajstić information content (AvgIpc) is 2.53. The van der Waals surface area contributed by atoms with Crippen molar-refractivity contribution < 1.29 is 28.7 Å². The number of esters is 1. The van der Waals surface area contributed by atoms with Crippen LogP contribution in [0, 0.1) is 5.41 Å². The van der Waals surface area contributed by atoms with Crippen molar-refractivity contribution in [2.24, 2.45) is 11.1 Å². The molecule has 1 rings (SSSR count). The van der Waals surface area contributed by atoms with E-state index in [4.69, 9.17) is 15.2 Å². The predicted molar refractivity (Wildman–Crippen MR) is 91.8 cm³/mol. The molecule has 9 nitrogen and oxygen atoms in total. The van der Waals surface area contributed by atoms with Gasteiger partial charge in [-0.2, -0.15) is 0 Å². The largest absolute Gasteiger partial charge is 0.464 e.